The summed E-state index contributed by atoms with van der Waals surface area (Å²) in [5.41, 5.74) is 0.999. The molecule has 1 aromatic heterocycles. The molecule has 0 unspecified atom stereocenters. The van der Waals surface area contributed by atoms with Crippen LogP contribution in [0.25, 0.3) is 0 Å². The Labute approximate surface area is 132 Å². The third-order valence-corrected chi connectivity index (χ3v) is 4.61. The Morgan fingerprint density at radius 1 is 1.32 bits per heavy atom. The average molecular weight is 325 g/mol. The first-order valence-electron chi connectivity index (χ1n) is 7.02. The number of hydrogen-bond acceptors (Lipinski definition) is 6. The van der Waals surface area contributed by atoms with Gasteiger partial charge in [-0.25, -0.2) is 9.78 Å². The second-order valence-electron chi connectivity index (χ2n) is 4.69. The van der Waals surface area contributed by atoms with Gasteiger partial charge >= 0.3 is 12.2 Å². The molecule has 0 atom stereocenters. The van der Waals surface area contributed by atoms with E-state index in [2.05, 4.69) is 11.9 Å². The van der Waals surface area contributed by atoms with Gasteiger partial charge in [0.1, 0.15) is 0 Å². The van der Waals surface area contributed by atoms with E-state index in [0.717, 1.165) is 17.2 Å². The van der Waals surface area contributed by atoms with Crippen molar-refractivity contribution in [2.24, 2.45) is 0 Å². The monoisotopic (exact) mass is 325 g/mol. The van der Waals surface area contributed by atoms with Crippen LogP contribution in [0.3, 0.4) is 0 Å². The number of aromatic nitrogens is 1. The van der Waals surface area contributed by atoms with E-state index in [9.17, 15) is 9.59 Å². The zero-order valence-electron chi connectivity index (χ0n) is 12.9. The van der Waals surface area contributed by atoms with Crippen molar-refractivity contribution in [3.63, 3.8) is 0 Å². The molecule has 0 spiro atoms. The van der Waals surface area contributed by atoms with Gasteiger partial charge in [0.2, 0.25) is 0 Å². The van der Waals surface area contributed by atoms with Gasteiger partial charge in [-0.3, -0.25) is 9.69 Å². The summed E-state index contributed by atoms with van der Waals surface area (Å²) in [5.74, 6) is 0.0970. The molecule has 2 rings (SSSR count). The summed E-state index contributed by atoms with van der Waals surface area (Å²) in [7, 11) is 0. The standard InChI is InChI=1S/C13H19N3O2S.CO2/c1-4-10(17)8-15-6-7-16(13(15)18)12-14-9(3)11(5-2)19-12;2-1-3/h4-8H2,1-3H3;. The molecule has 1 saturated heterocycles. The number of carbonyl (C=O) groups is 2. The highest BCUT2D eigenvalue weighted by atomic mass is 32.1. The summed E-state index contributed by atoms with van der Waals surface area (Å²) in [6, 6.07) is -0.0989. The number of rotatable bonds is 5. The van der Waals surface area contributed by atoms with Gasteiger partial charge in [0.25, 0.3) is 0 Å². The lowest BCUT2D eigenvalue weighted by Crippen LogP contribution is -2.35. The van der Waals surface area contributed by atoms with Gasteiger partial charge in [0.05, 0.1) is 12.2 Å². The van der Waals surface area contributed by atoms with Crippen molar-refractivity contribution in [3.8, 4) is 0 Å². The van der Waals surface area contributed by atoms with E-state index in [1.165, 1.54) is 4.88 Å². The highest BCUT2D eigenvalue weighted by Crippen LogP contribution is 2.28. The van der Waals surface area contributed by atoms with Crippen LogP contribution in [-0.4, -0.2) is 47.5 Å². The highest BCUT2D eigenvalue weighted by Gasteiger charge is 2.32. The lowest BCUT2D eigenvalue weighted by molar-refractivity contribution is -0.191. The predicted molar refractivity (Wildman–Crippen MR) is 80.8 cm³/mol. The molecule has 22 heavy (non-hydrogen) atoms. The van der Waals surface area contributed by atoms with Crippen LogP contribution in [0.4, 0.5) is 9.93 Å². The molecule has 120 valence electrons. The van der Waals surface area contributed by atoms with E-state index in [1.54, 1.807) is 21.1 Å². The van der Waals surface area contributed by atoms with Crippen molar-refractivity contribution >= 4 is 34.4 Å². The Balaban J connectivity index is 0.000000745. The number of carbonyl (C=O) groups excluding carboxylic acids is 4. The zero-order valence-corrected chi connectivity index (χ0v) is 13.7. The molecule has 0 radical (unpaired) electrons. The second kappa shape index (κ2) is 8.41. The van der Waals surface area contributed by atoms with Crippen LogP contribution in [0.5, 0.6) is 0 Å². The number of urea groups is 1. The van der Waals surface area contributed by atoms with Crippen molar-refractivity contribution in [3.05, 3.63) is 10.6 Å². The molecule has 8 heteroatoms. The van der Waals surface area contributed by atoms with Crippen molar-refractivity contribution in [1.82, 2.24) is 9.88 Å². The lowest BCUT2D eigenvalue weighted by Gasteiger charge is -2.15. The average Bonchev–Trinajstić information content (AvgIpc) is 3.03. The normalized spacial score (nSPS) is 13.7. The molecule has 1 fully saturated rings. The zero-order chi connectivity index (χ0) is 16.7. The van der Waals surface area contributed by atoms with Gasteiger partial charge in [-0.1, -0.05) is 13.8 Å². The molecular formula is C14H19N3O4S. The molecule has 0 aliphatic carbocycles. The second-order valence-corrected chi connectivity index (χ2v) is 5.75. The number of anilines is 1. The number of nitrogens with zero attached hydrogens (tertiary/aromatic N) is 3. The van der Waals surface area contributed by atoms with Crippen LogP contribution in [0.15, 0.2) is 0 Å². The molecule has 0 saturated carbocycles. The minimum Gasteiger partial charge on any atom is -0.315 e. The number of ketones is 1. The third-order valence-electron chi connectivity index (χ3n) is 3.29. The Bertz CT molecular complexity index is 579. The maximum absolute atomic E-state index is 12.2. The fourth-order valence-electron chi connectivity index (χ4n) is 2.09. The van der Waals surface area contributed by atoms with Crippen LogP contribution < -0.4 is 4.90 Å². The summed E-state index contributed by atoms with van der Waals surface area (Å²) in [6.45, 7) is 7.31. The van der Waals surface area contributed by atoms with Crippen LogP contribution in [-0.2, 0) is 20.8 Å². The number of amides is 2. The SMILES string of the molecule is CCC(=O)CN1CCN(c2nc(C)c(CC)s2)C1=O.O=C=O. The maximum Gasteiger partial charge on any atom is 0.373 e. The van der Waals surface area contributed by atoms with Crippen LogP contribution >= 0.6 is 11.3 Å². The van der Waals surface area contributed by atoms with Gasteiger partial charge in [-0.05, 0) is 13.3 Å². The summed E-state index contributed by atoms with van der Waals surface area (Å²) in [4.78, 5) is 48.9. The number of thiazole rings is 1. The van der Waals surface area contributed by atoms with E-state index < -0.39 is 0 Å². The maximum atomic E-state index is 12.2. The molecule has 2 amide bonds. The van der Waals surface area contributed by atoms with E-state index in [1.807, 2.05) is 13.8 Å². The molecule has 1 aliphatic rings. The van der Waals surface area contributed by atoms with Crippen LogP contribution in [0, 0.1) is 6.92 Å². The molecule has 0 aromatic carbocycles. The first kappa shape index (κ1) is 18.0. The summed E-state index contributed by atoms with van der Waals surface area (Å²) >= 11 is 1.57. The fraction of sp³-hybridized carbons (Fsp3) is 0.571. The van der Waals surface area contributed by atoms with Crippen molar-refractivity contribution in [2.45, 2.75) is 33.6 Å². The first-order valence-corrected chi connectivity index (χ1v) is 7.83. The lowest BCUT2D eigenvalue weighted by atomic mass is 10.3. The molecule has 1 aromatic rings. The minimum absolute atomic E-state index is 0.0970. The van der Waals surface area contributed by atoms with E-state index in [-0.39, 0.29) is 24.5 Å². The van der Waals surface area contributed by atoms with Crippen LogP contribution in [0.1, 0.15) is 30.8 Å². The van der Waals surface area contributed by atoms with Gasteiger partial charge in [0, 0.05) is 24.4 Å². The summed E-state index contributed by atoms with van der Waals surface area (Å²) < 4.78 is 0. The summed E-state index contributed by atoms with van der Waals surface area (Å²) in [5, 5.41) is 0.755. The summed E-state index contributed by atoms with van der Waals surface area (Å²) in [6.07, 6.45) is 1.66. The van der Waals surface area contributed by atoms with E-state index in [0.29, 0.717) is 19.5 Å². The molecule has 0 N–H and O–H groups in total. The van der Waals surface area contributed by atoms with Gasteiger partial charge < -0.3 is 4.90 Å². The van der Waals surface area contributed by atoms with Gasteiger partial charge in [-0.2, -0.15) is 9.59 Å². The van der Waals surface area contributed by atoms with E-state index >= 15 is 0 Å². The highest BCUT2D eigenvalue weighted by molar-refractivity contribution is 7.15. The molecular weight excluding hydrogens is 306 g/mol. The van der Waals surface area contributed by atoms with Crippen molar-refractivity contribution < 1.29 is 19.2 Å². The Morgan fingerprint density at radius 3 is 2.45 bits per heavy atom. The minimum atomic E-state index is -0.0989. The smallest absolute Gasteiger partial charge is 0.315 e. The predicted octanol–water partition coefficient (Wildman–Crippen LogP) is 1.65. The van der Waals surface area contributed by atoms with Gasteiger partial charge in [-0.15, -0.1) is 11.3 Å². The molecule has 1 aliphatic heterocycles. The van der Waals surface area contributed by atoms with Crippen molar-refractivity contribution in [1.29, 1.82) is 0 Å². The topological polar surface area (TPSA) is 87.7 Å². The van der Waals surface area contributed by atoms with Crippen LogP contribution in [0.2, 0.25) is 0 Å². The largest absolute Gasteiger partial charge is 0.373 e. The quantitative estimate of drug-likeness (QED) is 0.821. The van der Waals surface area contributed by atoms with Crippen molar-refractivity contribution in [2.75, 3.05) is 24.5 Å². The molecule has 7 nitrogen and oxygen atoms in total. The number of Topliss-reactive ketones (excluding diaryl/α,β-unsaturated/α-hetero) is 1. The number of hydrogen-bond donors (Lipinski definition) is 0. The Hall–Kier alpha value is -2.05. The fourth-order valence-corrected chi connectivity index (χ4v) is 3.11. The molecule has 2 heterocycles. The Morgan fingerprint density at radius 2 is 1.95 bits per heavy atom. The molecule has 0 bridgehead atoms. The number of aryl methyl sites for hydroxylation is 2. The van der Waals surface area contributed by atoms with Gasteiger partial charge in [0.15, 0.2) is 10.9 Å². The first-order chi connectivity index (χ1) is 10.5. The Kier molecular flexibility index (Phi) is 6.88. The van der Waals surface area contributed by atoms with E-state index in [4.69, 9.17) is 9.59 Å². The third kappa shape index (κ3) is 4.22.